The van der Waals surface area contributed by atoms with Crippen molar-refractivity contribution in [3.05, 3.63) is 144 Å². The van der Waals surface area contributed by atoms with Crippen molar-refractivity contribution in [1.82, 2.24) is 29.7 Å². The second kappa shape index (κ2) is 15.0. The fourth-order valence-corrected chi connectivity index (χ4v) is 7.13. The van der Waals surface area contributed by atoms with E-state index in [4.69, 9.17) is 9.47 Å². The van der Waals surface area contributed by atoms with Crippen molar-refractivity contribution in [2.75, 3.05) is 13.1 Å². The highest BCUT2D eigenvalue weighted by molar-refractivity contribution is 5.72. The number of aromatic nitrogens is 4. The molecule has 4 aromatic carbocycles. The molecule has 0 radical (unpaired) electrons. The summed E-state index contributed by atoms with van der Waals surface area (Å²) < 4.78 is 11.2. The first kappa shape index (κ1) is 33.0. The number of hydrogen-bond acceptors (Lipinski definition) is 6. The van der Waals surface area contributed by atoms with Gasteiger partial charge >= 0.3 is 12.2 Å². The van der Waals surface area contributed by atoms with Crippen LogP contribution in [0.25, 0.3) is 33.6 Å². The maximum absolute atomic E-state index is 12.9. The van der Waals surface area contributed by atoms with Gasteiger partial charge in [-0.25, -0.2) is 19.6 Å². The van der Waals surface area contributed by atoms with Crippen LogP contribution < -0.4 is 0 Å². The molecule has 2 N–H and O–H groups in total. The second-order valence-corrected chi connectivity index (χ2v) is 13.3. The topological polar surface area (TPSA) is 116 Å². The normalized spacial score (nSPS) is 17.0. The average Bonchev–Trinajstić information content (AvgIpc) is 4.04. The zero-order valence-corrected chi connectivity index (χ0v) is 28.8. The fraction of sp³-hybridized carbons (Fsp3) is 0.238. The van der Waals surface area contributed by atoms with Crippen molar-refractivity contribution >= 4 is 12.2 Å². The summed E-state index contributed by atoms with van der Waals surface area (Å²) in [7, 11) is 0. The van der Waals surface area contributed by atoms with Gasteiger partial charge in [0.25, 0.3) is 0 Å². The van der Waals surface area contributed by atoms with E-state index in [1.165, 1.54) is 0 Å². The molecule has 0 bridgehead atoms. The molecule has 10 heteroatoms. The van der Waals surface area contributed by atoms with E-state index >= 15 is 0 Å². The van der Waals surface area contributed by atoms with Crippen molar-refractivity contribution in [3.63, 3.8) is 0 Å². The Kier molecular flexibility index (Phi) is 9.51. The van der Waals surface area contributed by atoms with Crippen LogP contribution in [0.1, 0.15) is 60.5 Å². The number of rotatable bonds is 9. The smallest absolute Gasteiger partial charge is 0.410 e. The minimum absolute atomic E-state index is 0.140. The lowest BCUT2D eigenvalue weighted by Crippen LogP contribution is -2.31. The molecule has 6 aromatic rings. The molecule has 0 aliphatic carbocycles. The molecule has 2 saturated heterocycles. The van der Waals surface area contributed by atoms with E-state index in [0.717, 1.165) is 82.1 Å². The van der Waals surface area contributed by atoms with E-state index < -0.39 is 0 Å². The summed E-state index contributed by atoms with van der Waals surface area (Å²) in [5.74, 6) is 1.55. The Morgan fingerprint density at radius 1 is 0.558 bits per heavy atom. The van der Waals surface area contributed by atoms with Gasteiger partial charge in [0.1, 0.15) is 24.9 Å². The van der Waals surface area contributed by atoms with Crippen LogP contribution in [0.2, 0.25) is 0 Å². The number of benzene rings is 4. The van der Waals surface area contributed by atoms with Crippen molar-refractivity contribution in [2.45, 2.75) is 51.0 Å². The molecule has 2 aromatic heterocycles. The number of nitrogens with zero attached hydrogens (tertiary/aromatic N) is 4. The minimum atomic E-state index is -0.315. The molecular weight excluding hydrogens is 652 g/mol. The Morgan fingerprint density at radius 2 is 0.942 bits per heavy atom. The maximum atomic E-state index is 12.9. The Balaban J connectivity index is 0.884. The van der Waals surface area contributed by atoms with Gasteiger partial charge in [-0.1, -0.05) is 109 Å². The summed E-state index contributed by atoms with van der Waals surface area (Å²) in [6.07, 6.45) is 6.53. The highest BCUT2D eigenvalue weighted by Crippen LogP contribution is 2.34. The molecular formula is C42H40N6O4. The molecule has 2 atom stereocenters. The number of likely N-dealkylation sites (tertiary alicyclic amines) is 2. The van der Waals surface area contributed by atoms with Crippen LogP contribution in [-0.2, 0) is 22.7 Å². The Morgan fingerprint density at radius 3 is 1.35 bits per heavy atom. The number of carbonyl (C=O) groups is 2. The third-order valence-electron chi connectivity index (χ3n) is 9.93. The third-order valence-corrected chi connectivity index (χ3v) is 9.93. The molecule has 2 aliphatic rings. The van der Waals surface area contributed by atoms with Gasteiger partial charge in [-0.05, 0) is 59.1 Å². The Bertz CT molecular complexity index is 1960. The lowest BCUT2D eigenvalue weighted by atomic mass is 10.0. The minimum Gasteiger partial charge on any atom is -0.445 e. The highest BCUT2D eigenvalue weighted by Gasteiger charge is 2.34. The zero-order chi connectivity index (χ0) is 35.3. The summed E-state index contributed by atoms with van der Waals surface area (Å²) in [5, 5.41) is 0. The monoisotopic (exact) mass is 692 g/mol. The molecule has 4 heterocycles. The summed E-state index contributed by atoms with van der Waals surface area (Å²) >= 11 is 0. The molecule has 10 nitrogen and oxygen atoms in total. The Labute approximate surface area is 302 Å². The number of hydrogen-bond donors (Lipinski definition) is 2. The van der Waals surface area contributed by atoms with E-state index in [-0.39, 0.29) is 37.5 Å². The van der Waals surface area contributed by atoms with Gasteiger partial charge in [-0.3, -0.25) is 9.80 Å². The molecule has 2 fully saturated rings. The number of ether oxygens (including phenoxy) is 2. The quantitative estimate of drug-likeness (QED) is 0.156. The lowest BCUT2D eigenvalue weighted by Gasteiger charge is -2.22. The van der Waals surface area contributed by atoms with Crippen LogP contribution in [0.3, 0.4) is 0 Å². The fourth-order valence-electron chi connectivity index (χ4n) is 7.13. The van der Waals surface area contributed by atoms with Gasteiger partial charge in [-0.15, -0.1) is 0 Å². The molecule has 0 saturated carbocycles. The van der Waals surface area contributed by atoms with Gasteiger partial charge < -0.3 is 19.4 Å². The average molecular weight is 693 g/mol. The van der Waals surface area contributed by atoms with Crippen molar-refractivity contribution in [2.24, 2.45) is 0 Å². The third kappa shape index (κ3) is 7.18. The SMILES string of the molecule is O=C(OCc1ccccc1)N1CCC[C@@H]1c1ncc(-c2ccc(-c3ccc(-c4cnc([C@@H]5CCCN5C(=O)OCc5ccccc5)[nH]4)cc3)cc2)[nH]1. The molecule has 52 heavy (non-hydrogen) atoms. The highest BCUT2D eigenvalue weighted by atomic mass is 16.6. The molecule has 0 unspecified atom stereocenters. The van der Waals surface area contributed by atoms with Crippen molar-refractivity contribution in [1.29, 1.82) is 0 Å². The van der Waals surface area contributed by atoms with Crippen LogP contribution in [0.15, 0.2) is 122 Å². The van der Waals surface area contributed by atoms with Gasteiger partial charge in [0.2, 0.25) is 0 Å². The molecule has 0 spiro atoms. The van der Waals surface area contributed by atoms with Crippen LogP contribution in [-0.4, -0.2) is 55.0 Å². The Hall–Kier alpha value is -6.16. The maximum Gasteiger partial charge on any atom is 0.410 e. The van der Waals surface area contributed by atoms with Crippen LogP contribution in [0, 0.1) is 0 Å². The predicted molar refractivity (Wildman–Crippen MR) is 198 cm³/mol. The van der Waals surface area contributed by atoms with E-state index in [2.05, 4.69) is 68.5 Å². The first-order valence-corrected chi connectivity index (χ1v) is 17.8. The van der Waals surface area contributed by atoms with Crippen molar-refractivity contribution < 1.29 is 19.1 Å². The molecule has 262 valence electrons. The van der Waals surface area contributed by atoms with Gasteiger partial charge in [0, 0.05) is 13.1 Å². The first-order valence-electron chi connectivity index (χ1n) is 17.8. The van der Waals surface area contributed by atoms with Gasteiger partial charge in [0.15, 0.2) is 0 Å². The van der Waals surface area contributed by atoms with Gasteiger partial charge in [0.05, 0.1) is 35.9 Å². The summed E-state index contributed by atoms with van der Waals surface area (Å²) in [6, 6.07) is 35.9. The van der Waals surface area contributed by atoms with E-state index in [0.29, 0.717) is 13.1 Å². The zero-order valence-electron chi connectivity index (χ0n) is 28.8. The van der Waals surface area contributed by atoms with Crippen molar-refractivity contribution in [3.8, 4) is 33.6 Å². The summed E-state index contributed by atoms with van der Waals surface area (Å²) in [6.45, 7) is 1.80. The number of H-pyrrole nitrogens is 2. The standard InChI is InChI=1S/C42H40N6O4/c49-41(51-27-29-9-3-1-4-10-29)47-23-7-13-37(47)39-43-25-35(45-39)33-19-15-31(16-20-33)32-17-21-34(22-18-32)36-26-44-40(46-36)38-14-8-24-48(38)42(50)52-28-30-11-5-2-6-12-30/h1-6,9-12,15-22,25-26,37-38H,7-8,13-14,23-24,27-28H2,(H,43,45)(H,44,46)/t37-,38+. The van der Waals surface area contributed by atoms with Crippen LogP contribution in [0.5, 0.6) is 0 Å². The number of nitrogens with one attached hydrogen (secondary N) is 2. The molecule has 8 rings (SSSR count). The summed E-state index contributed by atoms with van der Waals surface area (Å²) in [4.78, 5) is 45.7. The number of imidazole rings is 2. The number of carbonyl (C=O) groups excluding carboxylic acids is 2. The number of aromatic amines is 2. The molecule has 2 amide bonds. The number of amides is 2. The van der Waals surface area contributed by atoms with E-state index in [9.17, 15) is 9.59 Å². The van der Waals surface area contributed by atoms with Gasteiger partial charge in [-0.2, -0.15) is 0 Å². The van der Waals surface area contributed by atoms with E-state index in [1.54, 1.807) is 9.80 Å². The largest absolute Gasteiger partial charge is 0.445 e. The first-order chi connectivity index (χ1) is 25.6. The molecule has 2 aliphatic heterocycles. The van der Waals surface area contributed by atoms with Crippen LogP contribution >= 0.6 is 0 Å². The predicted octanol–water partition coefficient (Wildman–Crippen LogP) is 9.08. The lowest BCUT2D eigenvalue weighted by molar-refractivity contribution is 0.0903. The van der Waals surface area contributed by atoms with E-state index in [1.807, 2.05) is 73.1 Å². The second-order valence-electron chi connectivity index (χ2n) is 13.3. The van der Waals surface area contributed by atoms with Crippen LogP contribution in [0.4, 0.5) is 9.59 Å². The summed E-state index contributed by atoms with van der Waals surface area (Å²) in [5.41, 5.74) is 7.97.